The SMILES string of the molecule is CC(C)N(C(C)C)C(C)[Si](C)(C)C(C)N(C(C)C)C(C)C. The zero-order valence-corrected chi connectivity index (χ0v) is 17.9. The minimum Gasteiger partial charge on any atom is -0.299 e. The molecule has 0 heterocycles. The molecule has 0 aliphatic heterocycles. The first-order valence-electron chi connectivity index (χ1n) is 8.90. The van der Waals surface area contributed by atoms with Crippen molar-refractivity contribution < 1.29 is 0 Å². The lowest BCUT2D eigenvalue weighted by Gasteiger charge is -2.50. The van der Waals surface area contributed by atoms with Crippen LogP contribution in [0.15, 0.2) is 0 Å². The van der Waals surface area contributed by atoms with Gasteiger partial charge in [-0.15, -0.1) is 0 Å². The molecule has 2 atom stereocenters. The van der Waals surface area contributed by atoms with E-state index in [9.17, 15) is 0 Å². The van der Waals surface area contributed by atoms with Gasteiger partial charge in [-0.2, -0.15) is 0 Å². The third kappa shape index (κ3) is 5.07. The van der Waals surface area contributed by atoms with E-state index in [-0.39, 0.29) is 0 Å². The number of rotatable bonds is 8. The molecule has 0 aromatic heterocycles. The molecular formula is C18H42N2Si. The summed E-state index contributed by atoms with van der Waals surface area (Å²) in [6, 6.07) is 2.46. The lowest BCUT2D eigenvalue weighted by molar-refractivity contribution is 0.134. The van der Waals surface area contributed by atoms with Crippen molar-refractivity contribution in [3.8, 4) is 0 Å². The van der Waals surface area contributed by atoms with E-state index in [0.717, 1.165) is 0 Å². The van der Waals surface area contributed by atoms with E-state index in [4.69, 9.17) is 0 Å². The van der Waals surface area contributed by atoms with Crippen molar-refractivity contribution in [2.45, 2.75) is 118 Å². The summed E-state index contributed by atoms with van der Waals surface area (Å²) < 4.78 is 0. The Balaban J connectivity index is 5.42. The largest absolute Gasteiger partial charge is 0.299 e. The third-order valence-electron chi connectivity index (χ3n) is 5.43. The van der Waals surface area contributed by atoms with E-state index in [0.29, 0.717) is 35.5 Å². The quantitative estimate of drug-likeness (QED) is 0.594. The zero-order chi connectivity index (χ0) is 17.1. The Hall–Kier alpha value is 0.137. The van der Waals surface area contributed by atoms with Crippen LogP contribution in [0.4, 0.5) is 0 Å². The molecule has 0 spiro atoms. The molecule has 128 valence electrons. The molecule has 0 aliphatic carbocycles. The Morgan fingerprint density at radius 3 is 0.810 bits per heavy atom. The van der Waals surface area contributed by atoms with Crippen molar-refractivity contribution in [1.29, 1.82) is 0 Å². The fraction of sp³-hybridized carbons (Fsp3) is 1.00. The molecule has 0 aliphatic rings. The van der Waals surface area contributed by atoms with E-state index in [1.807, 2.05) is 0 Å². The van der Waals surface area contributed by atoms with Crippen LogP contribution in [0.2, 0.25) is 13.1 Å². The highest BCUT2D eigenvalue weighted by Gasteiger charge is 2.42. The number of nitrogens with zero attached hydrogens (tertiary/aromatic N) is 2. The highest BCUT2D eigenvalue weighted by atomic mass is 28.3. The Morgan fingerprint density at radius 2 is 0.667 bits per heavy atom. The molecule has 2 unspecified atom stereocenters. The van der Waals surface area contributed by atoms with Gasteiger partial charge in [-0.25, -0.2) is 0 Å². The summed E-state index contributed by atoms with van der Waals surface area (Å²) in [5, 5.41) is 0. The summed E-state index contributed by atoms with van der Waals surface area (Å²) >= 11 is 0. The molecule has 0 saturated heterocycles. The van der Waals surface area contributed by atoms with Crippen molar-refractivity contribution in [3.63, 3.8) is 0 Å². The van der Waals surface area contributed by atoms with Gasteiger partial charge >= 0.3 is 0 Å². The summed E-state index contributed by atoms with van der Waals surface area (Å²) in [7, 11) is -1.44. The molecule has 0 saturated carbocycles. The molecule has 0 radical (unpaired) electrons. The van der Waals surface area contributed by atoms with Gasteiger partial charge in [-0.3, -0.25) is 9.80 Å². The minimum absolute atomic E-state index is 0.616. The van der Waals surface area contributed by atoms with Crippen LogP contribution in [-0.4, -0.2) is 53.4 Å². The molecule has 0 rings (SSSR count). The maximum absolute atomic E-state index is 2.72. The number of hydrogen-bond donors (Lipinski definition) is 0. The zero-order valence-electron chi connectivity index (χ0n) is 16.9. The lowest BCUT2D eigenvalue weighted by atomic mass is 10.2. The van der Waals surface area contributed by atoms with Crippen LogP contribution in [-0.2, 0) is 0 Å². The predicted octanol–water partition coefficient (Wildman–Crippen LogP) is 4.79. The first-order chi connectivity index (χ1) is 9.35. The maximum Gasteiger partial charge on any atom is 0.0849 e. The molecule has 3 heteroatoms. The monoisotopic (exact) mass is 314 g/mol. The van der Waals surface area contributed by atoms with Gasteiger partial charge in [0.1, 0.15) is 0 Å². The van der Waals surface area contributed by atoms with E-state index < -0.39 is 8.07 Å². The summed E-state index contributed by atoms with van der Waals surface area (Å²) in [5.74, 6) is 0. The average molecular weight is 315 g/mol. The van der Waals surface area contributed by atoms with Gasteiger partial charge in [0.15, 0.2) is 0 Å². The van der Waals surface area contributed by atoms with Crippen LogP contribution < -0.4 is 0 Å². The van der Waals surface area contributed by atoms with Gasteiger partial charge in [-0.1, -0.05) is 26.9 Å². The van der Waals surface area contributed by atoms with Crippen LogP contribution in [0.25, 0.3) is 0 Å². The molecule has 0 N–H and O–H groups in total. The van der Waals surface area contributed by atoms with Crippen LogP contribution in [0, 0.1) is 0 Å². The predicted molar refractivity (Wildman–Crippen MR) is 101 cm³/mol. The Bertz CT molecular complexity index is 254. The molecule has 0 amide bonds. The van der Waals surface area contributed by atoms with Crippen molar-refractivity contribution in [1.82, 2.24) is 9.80 Å². The van der Waals surface area contributed by atoms with Crippen molar-refractivity contribution in [2.75, 3.05) is 0 Å². The molecule has 0 bridgehead atoms. The second-order valence-electron chi connectivity index (χ2n) is 8.44. The van der Waals surface area contributed by atoms with E-state index in [1.54, 1.807) is 0 Å². The molecule has 0 aromatic carbocycles. The van der Waals surface area contributed by atoms with E-state index in [1.165, 1.54) is 0 Å². The second kappa shape index (κ2) is 8.12. The van der Waals surface area contributed by atoms with Crippen LogP contribution in [0.5, 0.6) is 0 Å². The number of hydrogen-bond acceptors (Lipinski definition) is 2. The summed E-state index contributed by atoms with van der Waals surface area (Å²) in [4.78, 5) is 5.45. The van der Waals surface area contributed by atoms with E-state index >= 15 is 0 Å². The molecule has 0 fully saturated rings. The first kappa shape index (κ1) is 21.1. The molecule has 0 aromatic rings. The Kier molecular flexibility index (Phi) is 8.17. The van der Waals surface area contributed by atoms with Gasteiger partial charge in [0.2, 0.25) is 0 Å². The average Bonchev–Trinajstić information content (AvgIpc) is 2.26. The summed E-state index contributed by atoms with van der Waals surface area (Å²) in [6.45, 7) is 28.8. The van der Waals surface area contributed by atoms with Crippen LogP contribution in [0.3, 0.4) is 0 Å². The summed E-state index contributed by atoms with van der Waals surface area (Å²) in [5.41, 5.74) is 1.38. The van der Waals surface area contributed by atoms with E-state index in [2.05, 4.69) is 92.1 Å². The highest BCUT2D eigenvalue weighted by molar-refractivity contribution is 6.80. The third-order valence-corrected chi connectivity index (χ3v) is 10.3. The smallest absolute Gasteiger partial charge is 0.0849 e. The van der Waals surface area contributed by atoms with Gasteiger partial charge in [-0.05, 0) is 55.4 Å². The first-order valence-corrected chi connectivity index (χ1v) is 12.1. The lowest BCUT2D eigenvalue weighted by Crippen LogP contribution is -2.66. The van der Waals surface area contributed by atoms with Gasteiger partial charge < -0.3 is 0 Å². The van der Waals surface area contributed by atoms with Crippen molar-refractivity contribution in [3.05, 3.63) is 0 Å². The minimum atomic E-state index is -1.44. The standard InChI is InChI=1S/C18H42N2Si/c1-13(2)19(14(3)4)17(9)21(11,12)18(10)20(15(5)6)16(7)8/h13-18H,1-12H3. The molecule has 21 heavy (non-hydrogen) atoms. The van der Waals surface area contributed by atoms with Gasteiger partial charge in [0.25, 0.3) is 0 Å². The normalized spacial score (nSPS) is 16.9. The van der Waals surface area contributed by atoms with Crippen LogP contribution in [0.1, 0.15) is 69.2 Å². The maximum atomic E-state index is 2.72. The van der Waals surface area contributed by atoms with Gasteiger partial charge in [0.05, 0.1) is 8.07 Å². The molecular weight excluding hydrogens is 272 g/mol. The topological polar surface area (TPSA) is 6.48 Å². The fourth-order valence-electron chi connectivity index (χ4n) is 4.10. The Labute approximate surface area is 136 Å². The van der Waals surface area contributed by atoms with Crippen LogP contribution >= 0.6 is 0 Å². The highest BCUT2D eigenvalue weighted by Crippen LogP contribution is 2.27. The summed E-state index contributed by atoms with van der Waals surface area (Å²) in [6.07, 6.45) is 0. The molecule has 2 nitrogen and oxygen atoms in total. The second-order valence-corrected chi connectivity index (χ2v) is 13.8. The van der Waals surface area contributed by atoms with Crippen molar-refractivity contribution >= 4 is 8.07 Å². The Morgan fingerprint density at radius 1 is 0.476 bits per heavy atom. The van der Waals surface area contributed by atoms with Crippen molar-refractivity contribution in [2.24, 2.45) is 0 Å². The van der Waals surface area contributed by atoms with Gasteiger partial charge in [0, 0.05) is 35.5 Å². The fourth-order valence-corrected chi connectivity index (χ4v) is 7.53.